The van der Waals surface area contributed by atoms with Gasteiger partial charge in [0.1, 0.15) is 6.07 Å². The smallest absolute Gasteiger partial charge is 0.101 e. The van der Waals surface area contributed by atoms with Crippen LogP contribution >= 0.6 is 15.9 Å². The maximum Gasteiger partial charge on any atom is 0.101 e. The molecule has 1 aromatic carbocycles. The molecule has 1 aromatic rings. The maximum absolute atomic E-state index is 9.20. The Balaban J connectivity index is 2.31. The van der Waals surface area contributed by atoms with E-state index >= 15 is 0 Å². The second-order valence-corrected chi connectivity index (χ2v) is 5.49. The van der Waals surface area contributed by atoms with E-state index in [-0.39, 0.29) is 0 Å². The zero-order chi connectivity index (χ0) is 12.4. The Hall–Kier alpha value is -1.05. The van der Waals surface area contributed by atoms with Crippen LogP contribution in [0.1, 0.15) is 12.5 Å². The molecule has 0 aliphatic carbocycles. The monoisotopic (exact) mass is 293 g/mol. The first-order valence-electron chi connectivity index (χ1n) is 5.76. The lowest BCUT2D eigenvalue weighted by Crippen LogP contribution is -2.50. The standard InChI is InChI=1S/C13H16BrN3/c1-10-9-16(2)5-6-17(10)13-4-3-12(14)7-11(13)8-15/h3-4,7,10H,5-6,9H2,1-2H3. The van der Waals surface area contributed by atoms with Crippen LogP contribution in [-0.4, -0.2) is 37.6 Å². The second kappa shape index (κ2) is 5.07. The van der Waals surface area contributed by atoms with E-state index in [9.17, 15) is 5.26 Å². The molecule has 0 radical (unpaired) electrons. The van der Waals surface area contributed by atoms with Crippen LogP contribution in [0.4, 0.5) is 5.69 Å². The zero-order valence-electron chi connectivity index (χ0n) is 10.2. The number of rotatable bonds is 1. The van der Waals surface area contributed by atoms with Gasteiger partial charge < -0.3 is 9.80 Å². The van der Waals surface area contributed by atoms with Crippen molar-refractivity contribution in [2.24, 2.45) is 0 Å². The Bertz CT molecular complexity index is 452. The summed E-state index contributed by atoms with van der Waals surface area (Å²) in [5.41, 5.74) is 1.80. The topological polar surface area (TPSA) is 30.3 Å². The van der Waals surface area contributed by atoms with Gasteiger partial charge in [-0.1, -0.05) is 15.9 Å². The quantitative estimate of drug-likeness (QED) is 0.797. The highest BCUT2D eigenvalue weighted by Crippen LogP contribution is 2.27. The first kappa shape index (κ1) is 12.4. The number of hydrogen-bond acceptors (Lipinski definition) is 3. The Morgan fingerprint density at radius 2 is 2.18 bits per heavy atom. The van der Waals surface area contributed by atoms with Crippen LogP contribution in [-0.2, 0) is 0 Å². The molecule has 0 amide bonds. The van der Waals surface area contributed by atoms with Crippen molar-refractivity contribution in [3.05, 3.63) is 28.2 Å². The summed E-state index contributed by atoms with van der Waals surface area (Å²) in [7, 11) is 2.14. The molecule has 1 heterocycles. The SMILES string of the molecule is CC1CN(C)CCN1c1ccc(Br)cc1C#N. The van der Waals surface area contributed by atoms with Crippen LogP contribution in [0.2, 0.25) is 0 Å². The van der Waals surface area contributed by atoms with E-state index in [4.69, 9.17) is 0 Å². The fourth-order valence-electron chi connectivity index (χ4n) is 2.35. The molecule has 90 valence electrons. The predicted molar refractivity (Wildman–Crippen MR) is 73.2 cm³/mol. The van der Waals surface area contributed by atoms with Gasteiger partial charge >= 0.3 is 0 Å². The van der Waals surface area contributed by atoms with Gasteiger partial charge in [0.2, 0.25) is 0 Å². The molecular weight excluding hydrogens is 278 g/mol. The third-order valence-corrected chi connectivity index (χ3v) is 3.71. The molecule has 0 bridgehead atoms. The van der Waals surface area contributed by atoms with Gasteiger partial charge in [0.25, 0.3) is 0 Å². The summed E-state index contributed by atoms with van der Waals surface area (Å²) in [5.74, 6) is 0. The summed E-state index contributed by atoms with van der Waals surface area (Å²) in [6.45, 7) is 5.28. The molecular formula is C13H16BrN3. The minimum absolute atomic E-state index is 0.446. The van der Waals surface area contributed by atoms with E-state index in [0.29, 0.717) is 6.04 Å². The van der Waals surface area contributed by atoms with E-state index in [1.54, 1.807) is 0 Å². The van der Waals surface area contributed by atoms with Gasteiger partial charge in [-0.2, -0.15) is 5.26 Å². The van der Waals surface area contributed by atoms with Crippen molar-refractivity contribution in [2.75, 3.05) is 31.6 Å². The molecule has 1 fully saturated rings. The summed E-state index contributed by atoms with van der Waals surface area (Å²) in [6, 6.07) is 8.65. The lowest BCUT2D eigenvalue weighted by Gasteiger charge is -2.40. The number of likely N-dealkylation sites (N-methyl/N-ethyl adjacent to an activating group) is 1. The van der Waals surface area contributed by atoms with Crippen molar-refractivity contribution in [3.8, 4) is 6.07 Å². The molecule has 1 saturated heterocycles. The average molecular weight is 294 g/mol. The molecule has 1 aliphatic heterocycles. The summed E-state index contributed by atoms with van der Waals surface area (Å²) >= 11 is 3.41. The average Bonchev–Trinajstić information content (AvgIpc) is 2.30. The van der Waals surface area contributed by atoms with E-state index < -0.39 is 0 Å². The van der Waals surface area contributed by atoms with Crippen LogP contribution in [0.5, 0.6) is 0 Å². The number of anilines is 1. The number of hydrogen-bond donors (Lipinski definition) is 0. The third-order valence-electron chi connectivity index (χ3n) is 3.22. The van der Waals surface area contributed by atoms with Crippen LogP contribution in [0.15, 0.2) is 22.7 Å². The Morgan fingerprint density at radius 1 is 1.41 bits per heavy atom. The van der Waals surface area contributed by atoms with Crippen molar-refractivity contribution in [1.29, 1.82) is 5.26 Å². The number of benzene rings is 1. The highest BCUT2D eigenvalue weighted by atomic mass is 79.9. The van der Waals surface area contributed by atoms with Crippen molar-refractivity contribution in [2.45, 2.75) is 13.0 Å². The first-order chi connectivity index (χ1) is 8.11. The first-order valence-corrected chi connectivity index (χ1v) is 6.56. The van der Waals surface area contributed by atoms with Gasteiger partial charge in [0.05, 0.1) is 11.3 Å². The molecule has 17 heavy (non-hydrogen) atoms. The van der Waals surface area contributed by atoms with Gasteiger partial charge in [0, 0.05) is 30.1 Å². The fraction of sp³-hybridized carbons (Fsp3) is 0.462. The highest BCUT2D eigenvalue weighted by molar-refractivity contribution is 9.10. The molecule has 4 heteroatoms. The van der Waals surface area contributed by atoms with Crippen molar-refractivity contribution in [1.82, 2.24) is 4.90 Å². The number of nitrogens with zero attached hydrogens (tertiary/aromatic N) is 3. The number of halogens is 1. The largest absolute Gasteiger partial charge is 0.365 e. The van der Waals surface area contributed by atoms with Gasteiger partial charge in [-0.25, -0.2) is 0 Å². The van der Waals surface area contributed by atoms with Crippen molar-refractivity contribution in [3.63, 3.8) is 0 Å². The van der Waals surface area contributed by atoms with Crippen LogP contribution in [0.3, 0.4) is 0 Å². The van der Waals surface area contributed by atoms with E-state index in [1.807, 2.05) is 18.2 Å². The lowest BCUT2D eigenvalue weighted by atomic mass is 10.1. The van der Waals surface area contributed by atoms with E-state index in [2.05, 4.69) is 45.8 Å². The summed E-state index contributed by atoms with van der Waals surface area (Å²) < 4.78 is 0.958. The molecule has 1 aliphatic rings. The van der Waals surface area contributed by atoms with Crippen LogP contribution < -0.4 is 4.90 Å². The zero-order valence-corrected chi connectivity index (χ0v) is 11.7. The molecule has 1 unspecified atom stereocenters. The number of nitriles is 1. The van der Waals surface area contributed by atoms with E-state index in [0.717, 1.165) is 35.4 Å². The molecule has 0 spiro atoms. The van der Waals surface area contributed by atoms with Gasteiger partial charge in [-0.3, -0.25) is 0 Å². The molecule has 0 aromatic heterocycles. The van der Waals surface area contributed by atoms with Gasteiger partial charge in [-0.15, -0.1) is 0 Å². The third kappa shape index (κ3) is 2.62. The number of piperazine rings is 1. The van der Waals surface area contributed by atoms with Crippen LogP contribution in [0, 0.1) is 11.3 Å². The molecule has 0 saturated carbocycles. The Kier molecular flexibility index (Phi) is 3.70. The molecule has 0 N–H and O–H groups in total. The summed E-state index contributed by atoms with van der Waals surface area (Å²) in [4.78, 5) is 4.65. The normalized spacial score (nSPS) is 21.3. The van der Waals surface area contributed by atoms with Crippen molar-refractivity contribution < 1.29 is 0 Å². The minimum Gasteiger partial charge on any atom is -0.365 e. The molecule has 3 nitrogen and oxygen atoms in total. The van der Waals surface area contributed by atoms with Gasteiger partial charge in [-0.05, 0) is 32.2 Å². The summed E-state index contributed by atoms with van der Waals surface area (Å²) in [5, 5.41) is 9.20. The van der Waals surface area contributed by atoms with Crippen LogP contribution in [0.25, 0.3) is 0 Å². The van der Waals surface area contributed by atoms with Crippen molar-refractivity contribution >= 4 is 21.6 Å². The highest BCUT2D eigenvalue weighted by Gasteiger charge is 2.23. The maximum atomic E-state index is 9.20. The lowest BCUT2D eigenvalue weighted by molar-refractivity contribution is 0.275. The molecule has 2 rings (SSSR count). The summed E-state index contributed by atoms with van der Waals surface area (Å²) in [6.07, 6.45) is 0. The predicted octanol–water partition coefficient (Wildman–Crippen LogP) is 2.46. The Morgan fingerprint density at radius 3 is 2.82 bits per heavy atom. The van der Waals surface area contributed by atoms with Gasteiger partial charge in [0.15, 0.2) is 0 Å². The van der Waals surface area contributed by atoms with E-state index in [1.165, 1.54) is 0 Å². The minimum atomic E-state index is 0.446. The second-order valence-electron chi connectivity index (χ2n) is 4.58. The molecule has 1 atom stereocenters. The fourth-order valence-corrected chi connectivity index (χ4v) is 2.71. The Labute approximate surface area is 111 Å².